The van der Waals surface area contributed by atoms with Crippen molar-refractivity contribution in [3.63, 3.8) is 0 Å². The number of fused-ring (bicyclic) bond motifs is 1. The standard InChI is InChI=1S/C17H18Cl2N4O3S/c1-3-26-16(25)10-4-20-17(27-10)23-5-8-9(6-23)13(8)22-15(24)14-12(19)11(18)7(2)21-14/h4,8-9,13,21H,3,5-6H2,1-2H3,(H,22,24)/t8-,9+,13?. The summed E-state index contributed by atoms with van der Waals surface area (Å²) >= 11 is 13.5. The van der Waals surface area contributed by atoms with Gasteiger partial charge in [-0.25, -0.2) is 9.78 Å². The van der Waals surface area contributed by atoms with E-state index in [1.54, 1.807) is 20.0 Å². The van der Waals surface area contributed by atoms with Crippen LogP contribution in [0.2, 0.25) is 10.0 Å². The second-order valence-corrected chi connectivity index (χ2v) is 8.48. The van der Waals surface area contributed by atoms with Gasteiger partial charge in [-0.3, -0.25) is 4.79 Å². The second kappa shape index (κ2) is 7.00. The third-order valence-electron chi connectivity index (χ3n) is 5.01. The van der Waals surface area contributed by atoms with E-state index in [-0.39, 0.29) is 22.9 Å². The molecule has 2 N–H and O–H groups in total. The van der Waals surface area contributed by atoms with Gasteiger partial charge in [0.25, 0.3) is 5.91 Å². The predicted octanol–water partition coefficient (Wildman–Crippen LogP) is 3.13. The topological polar surface area (TPSA) is 87.3 Å². The van der Waals surface area contributed by atoms with E-state index in [1.165, 1.54) is 11.3 Å². The van der Waals surface area contributed by atoms with Gasteiger partial charge in [0.05, 0.1) is 22.8 Å². The minimum atomic E-state index is -0.340. The lowest BCUT2D eigenvalue weighted by atomic mass is 10.3. The molecule has 0 radical (unpaired) electrons. The molecule has 0 spiro atoms. The van der Waals surface area contributed by atoms with E-state index in [0.29, 0.717) is 39.7 Å². The molecule has 0 bridgehead atoms. The summed E-state index contributed by atoms with van der Waals surface area (Å²) in [7, 11) is 0. The number of aromatic nitrogens is 2. The van der Waals surface area contributed by atoms with Crippen molar-refractivity contribution in [3.8, 4) is 0 Å². The van der Waals surface area contributed by atoms with Crippen molar-refractivity contribution in [2.24, 2.45) is 11.8 Å². The number of rotatable bonds is 5. The number of nitrogens with one attached hydrogen (secondary N) is 2. The highest BCUT2D eigenvalue weighted by Gasteiger charge is 2.57. The molecule has 4 rings (SSSR count). The lowest BCUT2D eigenvalue weighted by Crippen LogP contribution is -2.34. The minimum Gasteiger partial charge on any atom is -0.462 e. The van der Waals surface area contributed by atoms with Gasteiger partial charge < -0.3 is 19.9 Å². The van der Waals surface area contributed by atoms with Crippen LogP contribution in [0.15, 0.2) is 6.20 Å². The maximum absolute atomic E-state index is 12.4. The van der Waals surface area contributed by atoms with Gasteiger partial charge in [0.1, 0.15) is 10.6 Å². The van der Waals surface area contributed by atoms with Crippen molar-refractivity contribution in [2.75, 3.05) is 24.6 Å². The Morgan fingerprint density at radius 3 is 2.67 bits per heavy atom. The Labute approximate surface area is 170 Å². The maximum Gasteiger partial charge on any atom is 0.350 e. The first kappa shape index (κ1) is 18.6. The molecule has 2 fully saturated rings. The predicted molar refractivity (Wildman–Crippen MR) is 104 cm³/mol. The second-order valence-electron chi connectivity index (χ2n) is 6.71. The van der Waals surface area contributed by atoms with E-state index < -0.39 is 0 Å². The van der Waals surface area contributed by atoms with E-state index in [1.807, 2.05) is 0 Å². The van der Waals surface area contributed by atoms with Gasteiger partial charge in [-0.2, -0.15) is 0 Å². The summed E-state index contributed by atoms with van der Waals surface area (Å²) in [5, 5.41) is 4.48. The molecule has 3 heterocycles. The van der Waals surface area contributed by atoms with Crippen LogP contribution >= 0.6 is 34.5 Å². The Morgan fingerprint density at radius 2 is 2.07 bits per heavy atom. The Balaban J connectivity index is 1.34. The van der Waals surface area contributed by atoms with Gasteiger partial charge in [0, 0.05) is 36.7 Å². The van der Waals surface area contributed by atoms with Crippen LogP contribution in [-0.2, 0) is 4.74 Å². The van der Waals surface area contributed by atoms with Crippen LogP contribution < -0.4 is 10.2 Å². The maximum atomic E-state index is 12.4. The number of hydrogen-bond acceptors (Lipinski definition) is 6. The fraction of sp³-hybridized carbons (Fsp3) is 0.471. The number of nitrogens with zero attached hydrogens (tertiary/aromatic N) is 2. The number of amides is 1. The molecular weight excluding hydrogens is 411 g/mol. The average Bonchev–Trinajstić information content (AvgIpc) is 3.09. The highest BCUT2D eigenvalue weighted by atomic mass is 35.5. The largest absolute Gasteiger partial charge is 0.462 e. The third kappa shape index (κ3) is 3.30. The van der Waals surface area contributed by atoms with Crippen molar-refractivity contribution in [2.45, 2.75) is 19.9 Å². The third-order valence-corrected chi connectivity index (χ3v) is 7.00. The zero-order valence-corrected chi connectivity index (χ0v) is 17.0. The van der Waals surface area contributed by atoms with Crippen molar-refractivity contribution >= 4 is 51.5 Å². The smallest absolute Gasteiger partial charge is 0.350 e. The number of halogens is 2. The molecule has 2 aliphatic rings. The number of H-pyrrole nitrogens is 1. The first-order valence-electron chi connectivity index (χ1n) is 8.63. The van der Waals surface area contributed by atoms with Gasteiger partial charge in [-0.05, 0) is 13.8 Å². The summed E-state index contributed by atoms with van der Waals surface area (Å²) in [6.07, 6.45) is 1.56. The van der Waals surface area contributed by atoms with Gasteiger partial charge in [0.2, 0.25) is 0 Å². The highest BCUT2D eigenvalue weighted by molar-refractivity contribution is 7.17. The summed E-state index contributed by atoms with van der Waals surface area (Å²) in [5.74, 6) is 0.163. The summed E-state index contributed by atoms with van der Waals surface area (Å²) in [5.41, 5.74) is 0.982. The van der Waals surface area contributed by atoms with Crippen LogP contribution in [0.5, 0.6) is 0 Å². The lowest BCUT2D eigenvalue weighted by molar-refractivity contribution is 0.0531. The number of anilines is 1. The van der Waals surface area contributed by atoms with Crippen molar-refractivity contribution in [3.05, 3.63) is 32.5 Å². The van der Waals surface area contributed by atoms with E-state index in [2.05, 4.69) is 20.2 Å². The van der Waals surface area contributed by atoms with Gasteiger partial charge in [-0.1, -0.05) is 34.5 Å². The van der Waals surface area contributed by atoms with Crippen LogP contribution in [0.25, 0.3) is 0 Å². The molecule has 1 saturated carbocycles. The van der Waals surface area contributed by atoms with Gasteiger partial charge in [0.15, 0.2) is 5.13 Å². The number of hydrogen-bond donors (Lipinski definition) is 2. The van der Waals surface area contributed by atoms with Crippen molar-refractivity contribution < 1.29 is 14.3 Å². The minimum absolute atomic E-state index is 0.122. The molecular formula is C17H18Cl2N4O3S. The molecule has 2 aromatic heterocycles. The summed E-state index contributed by atoms with van der Waals surface area (Å²) in [6.45, 7) is 5.48. The Bertz CT molecular complexity index is 900. The van der Waals surface area contributed by atoms with Crippen LogP contribution in [0.1, 0.15) is 32.8 Å². The Kier molecular flexibility index (Phi) is 4.82. The highest BCUT2D eigenvalue weighted by Crippen LogP contribution is 2.47. The summed E-state index contributed by atoms with van der Waals surface area (Å²) in [6, 6.07) is 0.122. The molecule has 7 nitrogen and oxygen atoms in total. The first-order chi connectivity index (χ1) is 12.9. The van der Waals surface area contributed by atoms with Gasteiger partial charge >= 0.3 is 5.97 Å². The molecule has 1 unspecified atom stereocenters. The van der Waals surface area contributed by atoms with Gasteiger partial charge in [-0.15, -0.1) is 0 Å². The number of thiazole rings is 1. The Hall–Kier alpha value is -1.77. The van der Waals surface area contributed by atoms with Crippen LogP contribution in [-0.4, -0.2) is 47.6 Å². The average molecular weight is 429 g/mol. The molecule has 2 aromatic rings. The SMILES string of the molecule is CCOC(=O)c1cnc(N2C[C@@H]3C(NC(=O)c4[nH]c(C)c(Cl)c4Cl)[C@@H]3C2)s1. The molecule has 1 amide bonds. The molecule has 1 saturated heterocycles. The zero-order valence-electron chi connectivity index (χ0n) is 14.7. The quantitative estimate of drug-likeness (QED) is 0.714. The van der Waals surface area contributed by atoms with Crippen molar-refractivity contribution in [1.82, 2.24) is 15.3 Å². The number of carbonyl (C=O) groups excluding carboxylic acids is 2. The van der Waals surface area contributed by atoms with E-state index >= 15 is 0 Å². The van der Waals surface area contributed by atoms with E-state index in [9.17, 15) is 9.59 Å². The number of carbonyl (C=O) groups is 2. The Morgan fingerprint density at radius 1 is 1.37 bits per heavy atom. The summed E-state index contributed by atoms with van der Waals surface area (Å²) < 4.78 is 5.00. The van der Waals surface area contributed by atoms with Crippen LogP contribution in [0, 0.1) is 18.8 Å². The molecule has 27 heavy (non-hydrogen) atoms. The zero-order chi connectivity index (χ0) is 19.3. The number of piperidine rings is 1. The monoisotopic (exact) mass is 428 g/mol. The van der Waals surface area contributed by atoms with Crippen LogP contribution in [0.4, 0.5) is 5.13 Å². The van der Waals surface area contributed by atoms with Crippen LogP contribution in [0.3, 0.4) is 0 Å². The van der Waals surface area contributed by atoms with E-state index in [0.717, 1.165) is 18.2 Å². The van der Waals surface area contributed by atoms with Crippen molar-refractivity contribution in [1.29, 1.82) is 0 Å². The number of esters is 1. The number of ether oxygens (including phenoxy) is 1. The summed E-state index contributed by atoms with van der Waals surface area (Å²) in [4.78, 5) is 34.1. The molecule has 1 aliphatic carbocycles. The molecule has 10 heteroatoms. The molecule has 144 valence electrons. The molecule has 3 atom stereocenters. The lowest BCUT2D eigenvalue weighted by Gasteiger charge is -2.19. The van der Waals surface area contributed by atoms with E-state index in [4.69, 9.17) is 27.9 Å². The fourth-order valence-corrected chi connectivity index (χ4v) is 4.80. The fourth-order valence-electron chi connectivity index (χ4n) is 3.56. The first-order valence-corrected chi connectivity index (χ1v) is 10.2. The molecule has 1 aliphatic heterocycles. The molecule has 0 aromatic carbocycles. The number of aromatic amines is 1. The normalized spacial score (nSPS) is 23.3. The number of aryl methyl sites for hydroxylation is 1.